The van der Waals surface area contributed by atoms with Crippen molar-refractivity contribution >= 4 is 12.0 Å². The van der Waals surface area contributed by atoms with Crippen LogP contribution in [0.2, 0.25) is 0 Å². The first kappa shape index (κ1) is 7.53. The predicted octanol–water partition coefficient (Wildman–Crippen LogP) is 0.565. The number of aliphatic imine (C=N–C) groups is 1. The van der Waals surface area contributed by atoms with E-state index in [0.29, 0.717) is 5.82 Å². The molecule has 1 heterocycles. The predicted molar refractivity (Wildman–Crippen MR) is 45.4 cm³/mol. The number of aryl methyl sites for hydroxylation is 1. The fourth-order valence-corrected chi connectivity index (χ4v) is 0.738. The normalized spacial score (nSPS) is 10.6. The van der Waals surface area contributed by atoms with Crippen LogP contribution in [0, 0.1) is 0 Å². The molecule has 11 heavy (non-hydrogen) atoms. The molecule has 0 aliphatic heterocycles. The van der Waals surface area contributed by atoms with E-state index in [1.807, 2.05) is 7.05 Å². The molecule has 1 aromatic heterocycles. The first-order chi connectivity index (χ1) is 5.25. The quantitative estimate of drug-likeness (QED) is 0.626. The molecular formula is C7H10N4. The molecule has 0 amide bonds. The van der Waals surface area contributed by atoms with Gasteiger partial charge in [-0.2, -0.15) is 0 Å². The van der Waals surface area contributed by atoms with Crippen molar-refractivity contribution < 1.29 is 0 Å². The second kappa shape index (κ2) is 3.01. The SMILES string of the molecule is C=C/N=C\c1c(N)ncn1C. The fourth-order valence-electron chi connectivity index (χ4n) is 0.738. The van der Waals surface area contributed by atoms with Gasteiger partial charge in [0.1, 0.15) is 5.69 Å². The van der Waals surface area contributed by atoms with E-state index in [1.165, 1.54) is 6.20 Å². The van der Waals surface area contributed by atoms with Crippen LogP contribution >= 0.6 is 0 Å². The third-order valence-electron chi connectivity index (χ3n) is 1.31. The third kappa shape index (κ3) is 1.46. The summed E-state index contributed by atoms with van der Waals surface area (Å²) in [4.78, 5) is 7.72. The molecule has 0 unspecified atom stereocenters. The summed E-state index contributed by atoms with van der Waals surface area (Å²) in [6, 6.07) is 0. The highest BCUT2D eigenvalue weighted by Gasteiger charge is 1.99. The van der Waals surface area contributed by atoms with Crippen LogP contribution in [0.1, 0.15) is 5.69 Å². The number of aromatic nitrogens is 2. The lowest BCUT2D eigenvalue weighted by atomic mass is 10.4. The van der Waals surface area contributed by atoms with E-state index in [9.17, 15) is 0 Å². The first-order valence-electron chi connectivity index (χ1n) is 3.16. The number of hydrogen-bond donors (Lipinski definition) is 1. The number of nitrogens with two attached hydrogens (primary N) is 1. The van der Waals surface area contributed by atoms with Crippen LogP contribution in [0.25, 0.3) is 0 Å². The van der Waals surface area contributed by atoms with Crippen LogP contribution < -0.4 is 5.73 Å². The van der Waals surface area contributed by atoms with Crippen LogP contribution in [0.4, 0.5) is 5.82 Å². The molecule has 2 N–H and O–H groups in total. The Morgan fingerprint density at radius 3 is 3.00 bits per heavy atom. The molecule has 0 radical (unpaired) electrons. The molecule has 4 nitrogen and oxygen atoms in total. The van der Waals surface area contributed by atoms with Gasteiger partial charge in [0.2, 0.25) is 0 Å². The molecule has 0 bridgehead atoms. The lowest BCUT2D eigenvalue weighted by molar-refractivity contribution is 0.905. The highest BCUT2D eigenvalue weighted by atomic mass is 15.1. The van der Waals surface area contributed by atoms with Crippen molar-refractivity contribution in [1.29, 1.82) is 0 Å². The highest BCUT2D eigenvalue weighted by Crippen LogP contribution is 2.03. The topological polar surface area (TPSA) is 56.2 Å². The van der Waals surface area contributed by atoms with Gasteiger partial charge in [-0.15, -0.1) is 0 Å². The van der Waals surface area contributed by atoms with Gasteiger partial charge in [-0.3, -0.25) is 4.99 Å². The van der Waals surface area contributed by atoms with E-state index in [0.717, 1.165) is 5.69 Å². The van der Waals surface area contributed by atoms with Gasteiger partial charge in [-0.05, 0) is 0 Å². The second-order valence-corrected chi connectivity index (χ2v) is 2.09. The molecule has 1 aromatic rings. The molecule has 58 valence electrons. The van der Waals surface area contributed by atoms with Gasteiger partial charge in [-0.25, -0.2) is 4.98 Å². The summed E-state index contributed by atoms with van der Waals surface area (Å²) in [5, 5.41) is 0. The molecule has 0 aliphatic rings. The maximum absolute atomic E-state index is 5.52. The number of nitrogen functional groups attached to an aromatic ring is 1. The molecule has 0 aliphatic carbocycles. The fraction of sp³-hybridized carbons (Fsp3) is 0.143. The van der Waals surface area contributed by atoms with E-state index in [1.54, 1.807) is 17.1 Å². The summed E-state index contributed by atoms with van der Waals surface area (Å²) in [5.41, 5.74) is 6.32. The van der Waals surface area contributed by atoms with Crippen LogP contribution in [-0.4, -0.2) is 15.8 Å². The van der Waals surface area contributed by atoms with Gasteiger partial charge >= 0.3 is 0 Å². The Kier molecular flexibility index (Phi) is 2.06. The van der Waals surface area contributed by atoms with Crippen molar-refractivity contribution in [3.63, 3.8) is 0 Å². The monoisotopic (exact) mass is 150 g/mol. The molecule has 0 aromatic carbocycles. The largest absolute Gasteiger partial charge is 0.382 e. The molecule has 0 fully saturated rings. The number of nitrogens with zero attached hydrogens (tertiary/aromatic N) is 3. The Hall–Kier alpha value is -1.58. The molecule has 4 heteroatoms. The highest BCUT2D eigenvalue weighted by molar-refractivity contribution is 5.83. The third-order valence-corrected chi connectivity index (χ3v) is 1.31. The van der Waals surface area contributed by atoms with Gasteiger partial charge in [0.05, 0.1) is 12.5 Å². The smallest absolute Gasteiger partial charge is 0.150 e. The minimum absolute atomic E-state index is 0.484. The van der Waals surface area contributed by atoms with Crippen molar-refractivity contribution in [1.82, 2.24) is 9.55 Å². The number of imidazole rings is 1. The maximum Gasteiger partial charge on any atom is 0.150 e. The van der Waals surface area contributed by atoms with Crippen molar-refractivity contribution in [2.75, 3.05) is 5.73 Å². The summed E-state index contributed by atoms with van der Waals surface area (Å²) in [6.45, 7) is 3.45. The molecule has 0 saturated carbocycles. The van der Waals surface area contributed by atoms with Crippen LogP contribution in [-0.2, 0) is 7.05 Å². The van der Waals surface area contributed by atoms with Gasteiger partial charge in [0.15, 0.2) is 5.82 Å². The number of anilines is 1. The molecule has 0 atom stereocenters. The Morgan fingerprint density at radius 1 is 1.82 bits per heavy atom. The van der Waals surface area contributed by atoms with E-state index >= 15 is 0 Å². The average Bonchev–Trinajstić information content (AvgIpc) is 2.29. The average molecular weight is 150 g/mol. The van der Waals surface area contributed by atoms with E-state index < -0.39 is 0 Å². The second-order valence-electron chi connectivity index (χ2n) is 2.09. The van der Waals surface area contributed by atoms with Crippen LogP contribution in [0.15, 0.2) is 24.1 Å². The lowest BCUT2D eigenvalue weighted by Gasteiger charge is -1.93. The summed E-state index contributed by atoms with van der Waals surface area (Å²) in [5.74, 6) is 0.484. The zero-order valence-corrected chi connectivity index (χ0v) is 6.36. The number of hydrogen-bond acceptors (Lipinski definition) is 3. The standard InChI is InChI=1S/C7H10N4/c1-3-9-4-6-7(8)10-5-11(6)2/h3-5H,1,8H2,2H3/b9-4-. The Balaban J connectivity index is 3.00. The van der Waals surface area contributed by atoms with Gasteiger partial charge < -0.3 is 10.3 Å². The maximum atomic E-state index is 5.52. The van der Waals surface area contributed by atoms with Gasteiger partial charge in [-0.1, -0.05) is 6.58 Å². The zero-order chi connectivity index (χ0) is 8.27. The van der Waals surface area contributed by atoms with E-state index in [-0.39, 0.29) is 0 Å². The first-order valence-corrected chi connectivity index (χ1v) is 3.16. The van der Waals surface area contributed by atoms with E-state index in [4.69, 9.17) is 5.73 Å². The van der Waals surface area contributed by atoms with Crippen LogP contribution in [0.5, 0.6) is 0 Å². The van der Waals surface area contributed by atoms with Crippen molar-refractivity contribution in [3.05, 3.63) is 24.8 Å². The van der Waals surface area contributed by atoms with Crippen LogP contribution in [0.3, 0.4) is 0 Å². The molecule has 0 saturated heterocycles. The Morgan fingerprint density at radius 2 is 2.55 bits per heavy atom. The van der Waals surface area contributed by atoms with Crippen molar-refractivity contribution in [2.24, 2.45) is 12.0 Å². The zero-order valence-electron chi connectivity index (χ0n) is 6.36. The minimum atomic E-state index is 0.484. The van der Waals surface area contributed by atoms with E-state index in [2.05, 4.69) is 16.6 Å². The summed E-state index contributed by atoms with van der Waals surface area (Å²) in [7, 11) is 1.85. The molecule has 0 spiro atoms. The van der Waals surface area contributed by atoms with Crippen molar-refractivity contribution in [2.45, 2.75) is 0 Å². The molecular weight excluding hydrogens is 140 g/mol. The minimum Gasteiger partial charge on any atom is -0.382 e. The Bertz CT molecular complexity index is 265. The summed E-state index contributed by atoms with van der Waals surface area (Å²) < 4.78 is 1.79. The molecule has 1 rings (SSSR count). The summed E-state index contributed by atoms with van der Waals surface area (Å²) >= 11 is 0. The van der Waals surface area contributed by atoms with Gasteiger partial charge in [0, 0.05) is 13.2 Å². The lowest BCUT2D eigenvalue weighted by Crippen LogP contribution is -1.97. The number of rotatable bonds is 2. The van der Waals surface area contributed by atoms with Crippen molar-refractivity contribution in [3.8, 4) is 0 Å². The van der Waals surface area contributed by atoms with Gasteiger partial charge in [0.25, 0.3) is 0 Å². The summed E-state index contributed by atoms with van der Waals surface area (Å²) in [6.07, 6.45) is 4.71. The Labute approximate surface area is 65.1 Å².